The van der Waals surface area contributed by atoms with Crippen LogP contribution in [0.2, 0.25) is 0 Å². The molecule has 8 heteroatoms. The van der Waals surface area contributed by atoms with Crippen LogP contribution in [-0.2, 0) is 16.6 Å². The van der Waals surface area contributed by atoms with Crippen molar-refractivity contribution < 1.29 is 17.9 Å². The third-order valence-corrected chi connectivity index (χ3v) is 6.33. The Kier molecular flexibility index (Phi) is 4.48. The largest absolute Gasteiger partial charge is 0.391 e. The van der Waals surface area contributed by atoms with Gasteiger partial charge in [0, 0.05) is 9.35 Å². The topological polar surface area (TPSA) is 66.4 Å². The van der Waals surface area contributed by atoms with Crippen LogP contribution in [0.25, 0.3) is 0 Å². The van der Waals surface area contributed by atoms with Gasteiger partial charge in [0.15, 0.2) is 0 Å². The van der Waals surface area contributed by atoms with Crippen LogP contribution in [0.4, 0.5) is 10.1 Å². The molecule has 0 unspecified atom stereocenters. The van der Waals surface area contributed by atoms with Gasteiger partial charge in [-0.05, 0) is 52.7 Å². The molecule has 0 bridgehead atoms. The van der Waals surface area contributed by atoms with Gasteiger partial charge in [-0.15, -0.1) is 11.3 Å². The second-order valence-electron chi connectivity index (χ2n) is 4.06. The predicted molar refractivity (Wildman–Crippen MR) is 79.9 cm³/mol. The molecule has 0 aliphatic rings. The number of aliphatic hydroxyl groups excluding tert-OH is 1. The molecule has 0 fully saturated rings. The first kappa shape index (κ1) is 15.4. The van der Waals surface area contributed by atoms with Gasteiger partial charge in [0.05, 0.1) is 12.3 Å². The van der Waals surface area contributed by atoms with Crippen molar-refractivity contribution in [2.75, 3.05) is 4.72 Å². The van der Waals surface area contributed by atoms with Gasteiger partial charge in [-0.2, -0.15) is 0 Å². The van der Waals surface area contributed by atoms with Crippen molar-refractivity contribution in [3.8, 4) is 0 Å². The Balaban J connectivity index is 2.37. The monoisotopic (exact) mass is 379 g/mol. The summed E-state index contributed by atoms with van der Waals surface area (Å²) in [6.07, 6.45) is 0. The zero-order valence-electron chi connectivity index (χ0n) is 10.4. The van der Waals surface area contributed by atoms with Gasteiger partial charge in [0.1, 0.15) is 10.0 Å². The average molecular weight is 380 g/mol. The van der Waals surface area contributed by atoms with Crippen LogP contribution in [0.3, 0.4) is 0 Å². The number of thiophene rings is 1. The lowest BCUT2D eigenvalue weighted by atomic mass is 10.3. The molecule has 0 aliphatic carbocycles. The van der Waals surface area contributed by atoms with Crippen molar-refractivity contribution in [3.05, 3.63) is 45.0 Å². The maximum absolute atomic E-state index is 13.2. The molecule has 0 spiro atoms. The van der Waals surface area contributed by atoms with E-state index in [4.69, 9.17) is 5.11 Å². The van der Waals surface area contributed by atoms with Crippen LogP contribution in [-0.4, -0.2) is 13.5 Å². The summed E-state index contributed by atoms with van der Waals surface area (Å²) in [5, 5.41) is 9.11. The van der Waals surface area contributed by atoms with Crippen molar-refractivity contribution in [1.82, 2.24) is 0 Å². The maximum Gasteiger partial charge on any atom is 0.271 e. The molecule has 2 N–H and O–H groups in total. The number of sulfonamides is 1. The van der Waals surface area contributed by atoms with Crippen molar-refractivity contribution in [3.63, 3.8) is 0 Å². The fraction of sp³-hybridized carbons (Fsp3) is 0.167. The number of halogens is 2. The minimum Gasteiger partial charge on any atom is -0.391 e. The smallest absolute Gasteiger partial charge is 0.271 e. The third kappa shape index (κ3) is 3.20. The predicted octanol–water partition coefficient (Wildman–Crippen LogP) is 3.25. The molecule has 20 heavy (non-hydrogen) atoms. The Hall–Kier alpha value is -0.960. The van der Waals surface area contributed by atoms with E-state index in [1.165, 1.54) is 18.2 Å². The van der Waals surface area contributed by atoms with Crippen LogP contribution in [0.1, 0.15) is 10.4 Å². The van der Waals surface area contributed by atoms with Crippen LogP contribution in [0, 0.1) is 12.7 Å². The Morgan fingerprint density at radius 2 is 2.10 bits per heavy atom. The number of anilines is 1. The van der Waals surface area contributed by atoms with Crippen LogP contribution < -0.4 is 4.72 Å². The molecule has 0 aliphatic heterocycles. The summed E-state index contributed by atoms with van der Waals surface area (Å²) in [5.41, 5.74) is 0.831. The molecular weight excluding hydrogens is 369 g/mol. The van der Waals surface area contributed by atoms with E-state index in [0.29, 0.717) is 14.9 Å². The van der Waals surface area contributed by atoms with E-state index in [2.05, 4.69) is 20.7 Å². The van der Waals surface area contributed by atoms with Gasteiger partial charge in [-0.3, -0.25) is 4.72 Å². The molecule has 2 aromatic rings. The first-order chi connectivity index (χ1) is 9.33. The lowest BCUT2D eigenvalue weighted by Crippen LogP contribution is -2.12. The summed E-state index contributed by atoms with van der Waals surface area (Å²) in [6.45, 7) is 1.51. The van der Waals surface area contributed by atoms with E-state index in [9.17, 15) is 12.8 Å². The second-order valence-corrected chi connectivity index (χ2v) is 7.96. The van der Waals surface area contributed by atoms with Crippen LogP contribution in [0.5, 0.6) is 0 Å². The SMILES string of the molecule is Cc1cc(S(=O)(=O)Nc2cc(F)ccc2Br)sc1CO. The first-order valence-corrected chi connectivity index (χ1v) is 8.61. The van der Waals surface area contributed by atoms with E-state index in [-0.39, 0.29) is 16.5 Å². The summed E-state index contributed by atoms with van der Waals surface area (Å²) in [7, 11) is -3.80. The van der Waals surface area contributed by atoms with Crippen molar-refractivity contribution in [2.45, 2.75) is 17.7 Å². The van der Waals surface area contributed by atoms with Gasteiger partial charge >= 0.3 is 0 Å². The molecule has 0 amide bonds. The highest BCUT2D eigenvalue weighted by atomic mass is 79.9. The zero-order valence-corrected chi connectivity index (χ0v) is 13.6. The van der Waals surface area contributed by atoms with E-state index in [1.54, 1.807) is 6.92 Å². The summed E-state index contributed by atoms with van der Waals surface area (Å²) in [5.74, 6) is -0.538. The lowest BCUT2D eigenvalue weighted by molar-refractivity contribution is 0.285. The van der Waals surface area contributed by atoms with Crippen LogP contribution in [0.15, 0.2) is 32.9 Å². The normalized spacial score (nSPS) is 11.6. The number of aryl methyl sites for hydroxylation is 1. The van der Waals surface area contributed by atoms with E-state index >= 15 is 0 Å². The molecule has 108 valence electrons. The summed E-state index contributed by atoms with van der Waals surface area (Å²) in [4.78, 5) is 0.587. The third-order valence-electron chi connectivity index (χ3n) is 2.58. The Bertz CT molecular complexity index is 743. The van der Waals surface area contributed by atoms with E-state index < -0.39 is 15.8 Å². The highest BCUT2D eigenvalue weighted by Crippen LogP contribution is 2.30. The number of rotatable bonds is 4. The van der Waals surface area contributed by atoms with E-state index in [0.717, 1.165) is 17.4 Å². The van der Waals surface area contributed by atoms with Crippen LogP contribution >= 0.6 is 27.3 Å². The standard InChI is InChI=1S/C12H11BrFNO3S2/c1-7-4-12(19-11(7)6-16)20(17,18)15-10-5-8(14)2-3-9(10)13/h2-5,15-16H,6H2,1H3. The van der Waals surface area contributed by atoms with Gasteiger partial charge in [-0.1, -0.05) is 0 Å². The first-order valence-electron chi connectivity index (χ1n) is 5.51. The van der Waals surface area contributed by atoms with Gasteiger partial charge in [0.2, 0.25) is 0 Å². The zero-order chi connectivity index (χ0) is 14.9. The van der Waals surface area contributed by atoms with Gasteiger partial charge in [0.25, 0.3) is 10.0 Å². The Labute approximate surface area is 128 Å². The Morgan fingerprint density at radius 1 is 1.40 bits per heavy atom. The molecule has 1 heterocycles. The molecule has 1 aromatic heterocycles. The lowest BCUT2D eigenvalue weighted by Gasteiger charge is -2.08. The molecule has 4 nitrogen and oxygen atoms in total. The molecular formula is C12H11BrFNO3S2. The summed E-state index contributed by atoms with van der Waals surface area (Å²) >= 11 is 4.15. The van der Waals surface area contributed by atoms with Crippen molar-refractivity contribution in [2.24, 2.45) is 0 Å². The number of hydrogen-bond donors (Lipinski definition) is 2. The molecule has 0 saturated carbocycles. The van der Waals surface area contributed by atoms with Crippen molar-refractivity contribution in [1.29, 1.82) is 0 Å². The molecule has 0 atom stereocenters. The Morgan fingerprint density at radius 3 is 2.70 bits per heavy atom. The molecule has 0 radical (unpaired) electrons. The molecule has 2 rings (SSSR count). The molecule has 1 aromatic carbocycles. The average Bonchev–Trinajstić information content (AvgIpc) is 2.76. The minimum atomic E-state index is -3.80. The fourth-order valence-corrected chi connectivity index (χ4v) is 4.55. The van der Waals surface area contributed by atoms with Gasteiger partial charge in [-0.25, -0.2) is 12.8 Å². The summed E-state index contributed by atoms with van der Waals surface area (Å²) < 4.78 is 40.4. The quantitative estimate of drug-likeness (QED) is 0.856. The molecule has 0 saturated heterocycles. The number of aliphatic hydroxyl groups is 1. The number of hydrogen-bond acceptors (Lipinski definition) is 4. The van der Waals surface area contributed by atoms with Gasteiger partial charge < -0.3 is 5.11 Å². The fourth-order valence-electron chi connectivity index (χ4n) is 1.55. The number of benzene rings is 1. The summed E-state index contributed by atoms with van der Waals surface area (Å²) in [6, 6.07) is 5.22. The maximum atomic E-state index is 13.2. The highest BCUT2D eigenvalue weighted by Gasteiger charge is 2.20. The van der Waals surface area contributed by atoms with Crippen molar-refractivity contribution >= 4 is 43.0 Å². The minimum absolute atomic E-state index is 0.0789. The number of nitrogens with one attached hydrogen (secondary N) is 1. The highest BCUT2D eigenvalue weighted by molar-refractivity contribution is 9.10. The second kappa shape index (κ2) is 5.80. The van der Waals surface area contributed by atoms with E-state index in [1.807, 2.05) is 0 Å².